The Bertz CT molecular complexity index is 977. The van der Waals surface area contributed by atoms with Gasteiger partial charge in [-0.1, -0.05) is 0 Å². The molecule has 1 fully saturated rings. The molecular formula is C17H19F3N4O4S. The van der Waals surface area contributed by atoms with Gasteiger partial charge in [0, 0.05) is 38.4 Å². The maximum atomic E-state index is 13.1. The molecule has 0 radical (unpaired) electrons. The van der Waals surface area contributed by atoms with Crippen molar-refractivity contribution in [1.82, 2.24) is 14.3 Å². The zero-order chi connectivity index (χ0) is 21.2. The number of halogens is 3. The molecule has 29 heavy (non-hydrogen) atoms. The number of ether oxygens (including phenoxy) is 2. The Morgan fingerprint density at radius 2 is 1.72 bits per heavy atom. The number of anilines is 1. The van der Waals surface area contributed by atoms with Crippen molar-refractivity contribution in [3.8, 4) is 11.5 Å². The van der Waals surface area contributed by atoms with Crippen LogP contribution in [0.1, 0.15) is 5.69 Å². The summed E-state index contributed by atoms with van der Waals surface area (Å²) in [5.74, 6) is 0.450. The highest BCUT2D eigenvalue weighted by molar-refractivity contribution is 7.89. The predicted molar refractivity (Wildman–Crippen MR) is 97.6 cm³/mol. The first-order valence-corrected chi connectivity index (χ1v) is 9.98. The molecule has 1 aromatic heterocycles. The Morgan fingerprint density at radius 3 is 2.31 bits per heavy atom. The van der Waals surface area contributed by atoms with Crippen LogP contribution >= 0.6 is 0 Å². The number of rotatable bonds is 5. The van der Waals surface area contributed by atoms with Crippen LogP contribution in [0.15, 0.2) is 35.4 Å². The van der Waals surface area contributed by atoms with Gasteiger partial charge in [0.05, 0.1) is 14.2 Å². The maximum absolute atomic E-state index is 13.1. The molecule has 1 aliphatic heterocycles. The van der Waals surface area contributed by atoms with E-state index in [9.17, 15) is 21.6 Å². The molecule has 12 heteroatoms. The molecule has 8 nitrogen and oxygen atoms in total. The monoisotopic (exact) mass is 432 g/mol. The molecule has 0 saturated carbocycles. The zero-order valence-corrected chi connectivity index (χ0v) is 16.5. The SMILES string of the molecule is COc1ccc(OC)c(S(=O)(=O)N2CCN(c3nccc(C(F)(F)F)n3)CC2)c1. The molecule has 0 atom stereocenters. The second-order valence-electron chi connectivity index (χ2n) is 6.15. The molecule has 2 aromatic rings. The molecule has 1 aliphatic rings. The molecule has 0 N–H and O–H groups in total. The van der Waals surface area contributed by atoms with Crippen LogP contribution in [0, 0.1) is 0 Å². The van der Waals surface area contributed by atoms with Crippen LogP contribution < -0.4 is 14.4 Å². The number of aromatic nitrogens is 2. The van der Waals surface area contributed by atoms with Gasteiger partial charge in [-0.15, -0.1) is 0 Å². The molecule has 0 amide bonds. The van der Waals surface area contributed by atoms with E-state index in [1.54, 1.807) is 6.07 Å². The van der Waals surface area contributed by atoms with Crippen molar-refractivity contribution in [1.29, 1.82) is 0 Å². The van der Waals surface area contributed by atoms with Crippen molar-refractivity contribution in [2.24, 2.45) is 0 Å². The fourth-order valence-electron chi connectivity index (χ4n) is 2.91. The Hall–Kier alpha value is -2.60. The van der Waals surface area contributed by atoms with Crippen LogP contribution in [0.3, 0.4) is 0 Å². The van der Waals surface area contributed by atoms with Crippen LogP contribution in [0.5, 0.6) is 11.5 Å². The van der Waals surface area contributed by atoms with Crippen LogP contribution in [-0.2, 0) is 16.2 Å². The van der Waals surface area contributed by atoms with E-state index in [0.717, 1.165) is 12.3 Å². The molecule has 1 saturated heterocycles. The van der Waals surface area contributed by atoms with E-state index >= 15 is 0 Å². The molecule has 0 spiro atoms. The number of hydrogen-bond donors (Lipinski definition) is 0. The summed E-state index contributed by atoms with van der Waals surface area (Å²) in [5, 5.41) is 0. The third-order valence-corrected chi connectivity index (χ3v) is 6.36. The number of nitrogens with zero attached hydrogens (tertiary/aromatic N) is 4. The van der Waals surface area contributed by atoms with Gasteiger partial charge in [-0.05, 0) is 18.2 Å². The number of alkyl halides is 3. The summed E-state index contributed by atoms with van der Waals surface area (Å²) in [5.41, 5.74) is -1.04. The van der Waals surface area contributed by atoms with Crippen molar-refractivity contribution in [2.75, 3.05) is 45.3 Å². The number of methoxy groups -OCH3 is 2. The van der Waals surface area contributed by atoms with E-state index in [0.29, 0.717) is 5.75 Å². The summed E-state index contributed by atoms with van der Waals surface area (Å²) < 4.78 is 76.2. The van der Waals surface area contributed by atoms with Gasteiger partial charge in [0.15, 0.2) is 0 Å². The number of sulfonamides is 1. The first-order valence-electron chi connectivity index (χ1n) is 8.54. The Kier molecular flexibility index (Phi) is 5.85. The lowest BCUT2D eigenvalue weighted by Crippen LogP contribution is -2.49. The molecule has 2 heterocycles. The van der Waals surface area contributed by atoms with Crippen molar-refractivity contribution >= 4 is 16.0 Å². The average molecular weight is 432 g/mol. The van der Waals surface area contributed by atoms with E-state index < -0.39 is 21.9 Å². The Morgan fingerprint density at radius 1 is 1.03 bits per heavy atom. The average Bonchev–Trinajstić information content (AvgIpc) is 2.72. The van der Waals surface area contributed by atoms with E-state index in [1.807, 2.05) is 0 Å². The molecule has 0 aliphatic carbocycles. The minimum atomic E-state index is -4.58. The van der Waals surface area contributed by atoms with Crippen molar-refractivity contribution < 1.29 is 31.1 Å². The van der Waals surface area contributed by atoms with Crippen molar-refractivity contribution in [3.63, 3.8) is 0 Å². The van der Waals surface area contributed by atoms with Gasteiger partial charge < -0.3 is 14.4 Å². The van der Waals surface area contributed by atoms with Gasteiger partial charge in [0.1, 0.15) is 22.1 Å². The second kappa shape index (κ2) is 8.03. The molecule has 0 unspecified atom stereocenters. The smallest absolute Gasteiger partial charge is 0.433 e. The van der Waals surface area contributed by atoms with Gasteiger partial charge >= 0.3 is 6.18 Å². The molecular weight excluding hydrogens is 413 g/mol. The Balaban J connectivity index is 1.79. The summed E-state index contributed by atoms with van der Waals surface area (Å²) in [6.07, 6.45) is -3.54. The maximum Gasteiger partial charge on any atom is 0.433 e. The summed E-state index contributed by atoms with van der Waals surface area (Å²) in [6.45, 7) is 0.407. The summed E-state index contributed by atoms with van der Waals surface area (Å²) >= 11 is 0. The first kappa shape index (κ1) is 21.1. The highest BCUT2D eigenvalue weighted by Crippen LogP contribution is 2.32. The highest BCUT2D eigenvalue weighted by atomic mass is 32.2. The lowest BCUT2D eigenvalue weighted by molar-refractivity contribution is -0.141. The van der Waals surface area contributed by atoms with Crippen LogP contribution in [-0.4, -0.2) is 63.1 Å². The zero-order valence-electron chi connectivity index (χ0n) is 15.7. The van der Waals surface area contributed by atoms with Crippen LogP contribution in [0.2, 0.25) is 0 Å². The van der Waals surface area contributed by atoms with E-state index in [2.05, 4.69) is 9.97 Å². The van der Waals surface area contributed by atoms with E-state index in [4.69, 9.17) is 9.47 Å². The normalized spacial score (nSPS) is 16.0. The van der Waals surface area contributed by atoms with Gasteiger partial charge in [-0.2, -0.15) is 17.5 Å². The number of piperazine rings is 1. The Labute approximate surface area is 165 Å². The van der Waals surface area contributed by atoms with E-state index in [1.165, 1.54) is 35.6 Å². The summed E-state index contributed by atoms with van der Waals surface area (Å²) in [4.78, 5) is 8.91. The standard InChI is InChI=1S/C17H19F3N4O4S/c1-27-12-3-4-13(28-2)14(11-12)29(25,26)24-9-7-23(8-10-24)16-21-6-5-15(22-16)17(18,19)20/h3-6,11H,7-10H2,1-2H3. The van der Waals surface area contributed by atoms with E-state index in [-0.39, 0.29) is 42.8 Å². The summed E-state index contributed by atoms with van der Waals surface area (Å²) in [7, 11) is -1.11. The third kappa shape index (κ3) is 4.37. The number of hydrogen-bond acceptors (Lipinski definition) is 7. The topological polar surface area (TPSA) is 84.9 Å². The van der Waals surface area contributed by atoms with Gasteiger partial charge in [0.2, 0.25) is 16.0 Å². The number of benzene rings is 1. The van der Waals surface area contributed by atoms with Crippen LogP contribution in [0.25, 0.3) is 0 Å². The summed E-state index contributed by atoms with van der Waals surface area (Å²) in [6, 6.07) is 5.24. The lowest BCUT2D eigenvalue weighted by Gasteiger charge is -2.34. The molecule has 3 rings (SSSR count). The largest absolute Gasteiger partial charge is 0.497 e. The second-order valence-corrected chi connectivity index (χ2v) is 8.05. The minimum absolute atomic E-state index is 0.0388. The molecule has 0 bridgehead atoms. The fourth-order valence-corrected chi connectivity index (χ4v) is 4.50. The minimum Gasteiger partial charge on any atom is -0.497 e. The predicted octanol–water partition coefficient (Wildman–Crippen LogP) is 2.02. The third-order valence-electron chi connectivity index (χ3n) is 4.44. The lowest BCUT2D eigenvalue weighted by atomic mass is 10.3. The van der Waals surface area contributed by atoms with Gasteiger partial charge in [-0.3, -0.25) is 0 Å². The van der Waals surface area contributed by atoms with Gasteiger partial charge in [0.25, 0.3) is 0 Å². The molecule has 158 valence electrons. The van der Waals surface area contributed by atoms with Crippen LogP contribution in [0.4, 0.5) is 19.1 Å². The highest BCUT2D eigenvalue weighted by Gasteiger charge is 2.35. The van der Waals surface area contributed by atoms with Crippen molar-refractivity contribution in [3.05, 3.63) is 36.2 Å². The van der Waals surface area contributed by atoms with Crippen molar-refractivity contribution in [2.45, 2.75) is 11.1 Å². The molecule has 1 aromatic carbocycles. The fraction of sp³-hybridized carbons (Fsp3) is 0.412. The first-order chi connectivity index (χ1) is 13.7. The quantitative estimate of drug-likeness (QED) is 0.715. The van der Waals surface area contributed by atoms with Gasteiger partial charge in [-0.25, -0.2) is 18.4 Å².